The molecule has 1 atom stereocenters. The van der Waals surface area contributed by atoms with Gasteiger partial charge >= 0.3 is 6.18 Å². The van der Waals surface area contributed by atoms with Gasteiger partial charge in [0.1, 0.15) is 35.7 Å². The van der Waals surface area contributed by atoms with Crippen LogP contribution in [0.15, 0.2) is 78.0 Å². The van der Waals surface area contributed by atoms with Gasteiger partial charge in [-0.1, -0.05) is 30.3 Å². The highest BCUT2D eigenvalue weighted by Gasteiger charge is 2.32. The zero-order chi connectivity index (χ0) is 28.2. The molecule has 0 bridgehead atoms. The number of nitrogens with two attached hydrogens (primary N) is 1. The van der Waals surface area contributed by atoms with E-state index in [-0.39, 0.29) is 40.2 Å². The monoisotopic (exact) mass is 546 g/mol. The van der Waals surface area contributed by atoms with Crippen LogP contribution in [0.2, 0.25) is 0 Å². The minimum Gasteiger partial charge on any atom is -0.508 e. The first-order chi connectivity index (χ1) is 19.1. The van der Waals surface area contributed by atoms with Crippen molar-refractivity contribution in [2.24, 2.45) is 0 Å². The predicted octanol–water partition coefficient (Wildman–Crippen LogP) is 4.27. The van der Waals surface area contributed by atoms with Crippen molar-refractivity contribution in [3.63, 3.8) is 0 Å². The number of benzene rings is 2. The second kappa shape index (κ2) is 9.22. The Balaban J connectivity index is 1.56. The minimum atomic E-state index is -4.70. The summed E-state index contributed by atoms with van der Waals surface area (Å²) in [5, 5.41) is 19.5. The van der Waals surface area contributed by atoms with Crippen LogP contribution in [0.1, 0.15) is 29.9 Å². The van der Waals surface area contributed by atoms with Crippen LogP contribution in [0.4, 0.5) is 19.0 Å². The number of phenols is 1. The molecule has 2 aromatic carbocycles. The average Bonchev–Trinajstić information content (AvgIpc) is 3.54. The van der Waals surface area contributed by atoms with Crippen molar-refractivity contribution in [3.05, 3.63) is 100 Å². The molecule has 0 saturated carbocycles. The molecule has 13 heteroatoms. The molecule has 202 valence electrons. The van der Waals surface area contributed by atoms with Gasteiger partial charge in [-0.05, 0) is 42.8 Å². The number of nitrogen functional groups attached to an aromatic ring is 1. The Morgan fingerprint density at radius 2 is 1.80 bits per heavy atom. The topological polar surface area (TPSA) is 129 Å². The lowest BCUT2D eigenvalue weighted by molar-refractivity contribution is -0.137. The van der Waals surface area contributed by atoms with Crippen molar-refractivity contribution in [3.8, 4) is 17.0 Å². The molecule has 0 fully saturated rings. The van der Waals surface area contributed by atoms with Gasteiger partial charge in [-0.2, -0.15) is 23.4 Å². The molecule has 6 aromatic rings. The van der Waals surface area contributed by atoms with E-state index in [9.17, 15) is 23.1 Å². The first-order valence-electron chi connectivity index (χ1n) is 12.1. The molecule has 0 aliphatic heterocycles. The summed E-state index contributed by atoms with van der Waals surface area (Å²) in [5.74, 6) is -0.273. The number of phenolic OH excluding ortho intramolecular Hbond substituents is 1. The Morgan fingerprint density at radius 1 is 1.02 bits per heavy atom. The third-order valence-corrected chi connectivity index (χ3v) is 6.70. The van der Waals surface area contributed by atoms with Gasteiger partial charge in [-0.15, -0.1) is 0 Å². The maximum Gasteiger partial charge on any atom is 0.416 e. The molecule has 3 N–H and O–H groups in total. The van der Waals surface area contributed by atoms with Crippen LogP contribution < -0.4 is 11.3 Å². The molecule has 40 heavy (non-hydrogen) atoms. The quantitative estimate of drug-likeness (QED) is 0.330. The number of hydrogen-bond acceptors (Lipinski definition) is 7. The molecule has 6 rings (SSSR count). The smallest absolute Gasteiger partial charge is 0.416 e. The second-order valence-corrected chi connectivity index (χ2v) is 9.25. The number of rotatable bonds is 5. The molecular formula is C27H21F3N8O2. The molecule has 4 aromatic heterocycles. The summed E-state index contributed by atoms with van der Waals surface area (Å²) in [5.41, 5.74) is 6.30. The summed E-state index contributed by atoms with van der Waals surface area (Å²) < 4.78 is 45.0. The third-order valence-electron chi connectivity index (χ3n) is 6.70. The van der Waals surface area contributed by atoms with E-state index in [1.54, 1.807) is 22.9 Å². The van der Waals surface area contributed by atoms with Gasteiger partial charge in [0.2, 0.25) is 0 Å². The average molecular weight is 547 g/mol. The molecule has 0 aliphatic rings. The number of alkyl halides is 3. The van der Waals surface area contributed by atoms with Crippen LogP contribution in [-0.2, 0) is 12.7 Å². The van der Waals surface area contributed by atoms with Gasteiger partial charge in [0.25, 0.3) is 5.56 Å². The van der Waals surface area contributed by atoms with E-state index < -0.39 is 23.5 Å². The Hall–Kier alpha value is -5.20. The number of anilines is 1. The van der Waals surface area contributed by atoms with Gasteiger partial charge in [-0.3, -0.25) is 9.36 Å². The van der Waals surface area contributed by atoms with Crippen LogP contribution in [0, 0.1) is 0 Å². The van der Waals surface area contributed by atoms with Crippen LogP contribution in [0.5, 0.6) is 5.75 Å². The fourth-order valence-electron chi connectivity index (χ4n) is 4.82. The molecule has 0 radical (unpaired) electrons. The normalized spacial score (nSPS) is 12.8. The summed E-state index contributed by atoms with van der Waals surface area (Å²) in [6, 6.07) is 15.1. The maximum atomic E-state index is 13.6. The third kappa shape index (κ3) is 4.21. The lowest BCUT2D eigenvalue weighted by Gasteiger charge is -2.20. The first-order valence-corrected chi connectivity index (χ1v) is 12.1. The molecule has 0 unspecified atom stereocenters. The number of halogens is 3. The number of fused-ring (bicyclic) bond motifs is 2. The predicted molar refractivity (Wildman–Crippen MR) is 141 cm³/mol. The molecule has 0 spiro atoms. The minimum absolute atomic E-state index is 0.00739. The molecule has 10 nitrogen and oxygen atoms in total. The fraction of sp³-hybridized carbons (Fsp3) is 0.148. The van der Waals surface area contributed by atoms with Crippen LogP contribution in [0.25, 0.3) is 27.8 Å². The maximum absolute atomic E-state index is 13.6. The molecule has 4 heterocycles. The van der Waals surface area contributed by atoms with E-state index in [0.717, 1.165) is 17.7 Å². The fourth-order valence-corrected chi connectivity index (χ4v) is 4.82. The highest BCUT2D eigenvalue weighted by molar-refractivity contribution is 5.98. The second-order valence-electron chi connectivity index (χ2n) is 9.25. The first kappa shape index (κ1) is 25.1. The van der Waals surface area contributed by atoms with E-state index >= 15 is 0 Å². The van der Waals surface area contributed by atoms with Crippen molar-refractivity contribution < 1.29 is 18.3 Å². The Bertz CT molecular complexity index is 1940. The van der Waals surface area contributed by atoms with Crippen molar-refractivity contribution >= 4 is 22.4 Å². The van der Waals surface area contributed by atoms with E-state index in [1.165, 1.54) is 15.5 Å². The Labute approximate surface area is 223 Å². The van der Waals surface area contributed by atoms with Crippen molar-refractivity contribution in [2.75, 3.05) is 5.73 Å². The molecule has 0 amide bonds. The van der Waals surface area contributed by atoms with E-state index in [1.807, 2.05) is 37.3 Å². The van der Waals surface area contributed by atoms with Crippen molar-refractivity contribution in [1.29, 1.82) is 0 Å². The molecular weight excluding hydrogens is 525 g/mol. The van der Waals surface area contributed by atoms with Crippen LogP contribution >= 0.6 is 0 Å². The van der Waals surface area contributed by atoms with Crippen molar-refractivity contribution in [1.82, 2.24) is 33.9 Å². The summed E-state index contributed by atoms with van der Waals surface area (Å²) in [4.78, 5) is 21.9. The highest BCUT2D eigenvalue weighted by Crippen LogP contribution is 2.37. The standard InChI is InChI=1S/C27H21F3N8O2/c1-15(16-6-3-2-4-7-16)38-21(34-36-9-5-8-20(36)26(38)40)13-37-25-22(24(31)32-14-33-25)23(35-37)17-10-18(27(28,29)30)12-19(39)11-17/h2-12,14-15,39H,13H2,1H3,(H2,31,32,33)/t15-/m0/s1. The van der Waals surface area contributed by atoms with Crippen LogP contribution in [-0.4, -0.2) is 39.0 Å². The largest absolute Gasteiger partial charge is 0.508 e. The molecule has 0 saturated heterocycles. The number of aromatic hydroxyl groups is 1. The highest BCUT2D eigenvalue weighted by atomic mass is 19.4. The lowest BCUT2D eigenvalue weighted by atomic mass is 10.1. The SMILES string of the molecule is C[C@@H](c1ccccc1)n1c(Cn2nc(-c3cc(O)cc(C(F)(F)F)c3)c3c(N)ncnc32)nn2cccc2c1=O. The summed E-state index contributed by atoms with van der Waals surface area (Å²) in [6.07, 6.45) is -1.84. The van der Waals surface area contributed by atoms with E-state index in [2.05, 4.69) is 20.2 Å². The van der Waals surface area contributed by atoms with Gasteiger partial charge in [0.15, 0.2) is 11.5 Å². The van der Waals surface area contributed by atoms with Gasteiger partial charge < -0.3 is 10.8 Å². The Kier molecular flexibility index (Phi) is 5.79. The van der Waals surface area contributed by atoms with E-state index in [4.69, 9.17) is 5.73 Å². The summed E-state index contributed by atoms with van der Waals surface area (Å²) in [6.45, 7) is 1.80. The molecule has 0 aliphatic carbocycles. The van der Waals surface area contributed by atoms with Gasteiger partial charge in [0.05, 0.1) is 17.0 Å². The summed E-state index contributed by atoms with van der Waals surface area (Å²) >= 11 is 0. The zero-order valence-corrected chi connectivity index (χ0v) is 20.9. The zero-order valence-electron chi connectivity index (χ0n) is 20.9. The number of nitrogens with zero attached hydrogens (tertiary/aromatic N) is 7. The summed E-state index contributed by atoms with van der Waals surface area (Å²) in [7, 11) is 0. The Morgan fingerprint density at radius 3 is 2.55 bits per heavy atom. The van der Waals surface area contributed by atoms with E-state index in [0.29, 0.717) is 17.4 Å². The lowest BCUT2D eigenvalue weighted by Crippen LogP contribution is -2.31. The number of hydrogen-bond donors (Lipinski definition) is 2. The van der Waals surface area contributed by atoms with Crippen LogP contribution in [0.3, 0.4) is 0 Å². The van der Waals surface area contributed by atoms with Crippen molar-refractivity contribution in [2.45, 2.75) is 25.7 Å². The van der Waals surface area contributed by atoms with Gasteiger partial charge in [0, 0.05) is 11.8 Å². The number of aromatic nitrogens is 7. The van der Waals surface area contributed by atoms with Gasteiger partial charge in [-0.25, -0.2) is 19.2 Å².